The van der Waals surface area contributed by atoms with Crippen LogP contribution in [0.4, 0.5) is 0 Å². The highest BCUT2D eigenvalue weighted by atomic mass is 16.2. The second-order valence-corrected chi connectivity index (χ2v) is 5.53. The second kappa shape index (κ2) is 6.21. The van der Waals surface area contributed by atoms with Gasteiger partial charge in [-0.2, -0.15) is 0 Å². The Morgan fingerprint density at radius 1 is 1.06 bits per heavy atom. The van der Waals surface area contributed by atoms with Crippen LogP contribution in [0.5, 0.6) is 0 Å². The van der Waals surface area contributed by atoms with Gasteiger partial charge in [0.1, 0.15) is 0 Å². The zero-order chi connectivity index (χ0) is 13.0. The molecule has 0 unspecified atom stereocenters. The fourth-order valence-electron chi connectivity index (χ4n) is 3.10. The summed E-state index contributed by atoms with van der Waals surface area (Å²) in [6.45, 7) is 3.62. The zero-order valence-corrected chi connectivity index (χ0v) is 11.4. The molecule has 0 bridgehead atoms. The highest BCUT2D eigenvalue weighted by Gasteiger charge is 2.27. The van der Waals surface area contributed by atoms with E-state index in [1.165, 1.54) is 19.3 Å². The average Bonchev–Trinajstić information content (AvgIpc) is 2.90. The Balaban J connectivity index is 1.92. The molecule has 1 aliphatic carbocycles. The minimum Gasteiger partial charge on any atom is -0.341 e. The van der Waals surface area contributed by atoms with Crippen molar-refractivity contribution in [3.05, 3.63) is 0 Å². The number of amides is 2. The van der Waals surface area contributed by atoms with E-state index in [0.717, 1.165) is 38.8 Å². The molecule has 1 saturated heterocycles. The van der Waals surface area contributed by atoms with Gasteiger partial charge in [-0.05, 0) is 25.7 Å². The third kappa shape index (κ3) is 3.24. The molecule has 2 fully saturated rings. The highest BCUT2D eigenvalue weighted by molar-refractivity contribution is 5.84. The van der Waals surface area contributed by atoms with E-state index in [1.807, 2.05) is 4.90 Å². The average molecular weight is 252 g/mol. The maximum atomic E-state index is 12.1. The molecule has 0 N–H and O–H groups in total. The first-order chi connectivity index (χ1) is 8.68. The van der Waals surface area contributed by atoms with Gasteiger partial charge in [0, 0.05) is 26.1 Å². The standard InChI is InChI=1S/C14H24N2O2/c1-12(17)16(13-7-3-2-4-8-13)11-14(18)15-9-5-6-10-15/h13H,2-11H2,1H3. The third-order valence-electron chi connectivity index (χ3n) is 4.18. The van der Waals surface area contributed by atoms with Gasteiger partial charge >= 0.3 is 0 Å². The molecule has 4 heteroatoms. The van der Waals surface area contributed by atoms with E-state index in [0.29, 0.717) is 12.6 Å². The predicted molar refractivity (Wildman–Crippen MR) is 70.1 cm³/mol. The van der Waals surface area contributed by atoms with Crippen LogP contribution < -0.4 is 0 Å². The molecule has 0 aromatic heterocycles. The number of carbonyl (C=O) groups is 2. The quantitative estimate of drug-likeness (QED) is 0.768. The lowest BCUT2D eigenvalue weighted by Crippen LogP contribution is -2.46. The summed E-state index contributed by atoms with van der Waals surface area (Å²) in [5, 5.41) is 0. The number of rotatable bonds is 3. The van der Waals surface area contributed by atoms with Gasteiger partial charge in [0.15, 0.2) is 0 Å². The molecule has 0 atom stereocenters. The fraction of sp³-hybridized carbons (Fsp3) is 0.857. The molecule has 0 aromatic carbocycles. The van der Waals surface area contributed by atoms with Gasteiger partial charge in [-0.1, -0.05) is 19.3 Å². The molecule has 18 heavy (non-hydrogen) atoms. The Labute approximate surface area is 109 Å². The maximum absolute atomic E-state index is 12.1. The van der Waals surface area contributed by atoms with Crippen molar-refractivity contribution in [3.63, 3.8) is 0 Å². The van der Waals surface area contributed by atoms with Gasteiger partial charge in [0.05, 0.1) is 6.54 Å². The minimum absolute atomic E-state index is 0.0504. The van der Waals surface area contributed by atoms with Gasteiger partial charge in [-0.15, -0.1) is 0 Å². The lowest BCUT2D eigenvalue weighted by Gasteiger charge is -2.34. The SMILES string of the molecule is CC(=O)N(CC(=O)N1CCCC1)C1CCCCC1. The van der Waals surface area contributed by atoms with E-state index >= 15 is 0 Å². The molecule has 2 rings (SSSR count). The van der Waals surface area contributed by atoms with Crippen molar-refractivity contribution >= 4 is 11.8 Å². The molecule has 0 spiro atoms. The van der Waals surface area contributed by atoms with Crippen LogP contribution in [0.2, 0.25) is 0 Å². The molecule has 0 aromatic rings. The van der Waals surface area contributed by atoms with Crippen molar-refractivity contribution in [2.45, 2.75) is 57.9 Å². The van der Waals surface area contributed by atoms with Crippen molar-refractivity contribution in [1.29, 1.82) is 0 Å². The largest absolute Gasteiger partial charge is 0.341 e. The summed E-state index contributed by atoms with van der Waals surface area (Å²) in [5.41, 5.74) is 0. The van der Waals surface area contributed by atoms with Crippen molar-refractivity contribution in [2.75, 3.05) is 19.6 Å². The van der Waals surface area contributed by atoms with Crippen LogP contribution in [-0.2, 0) is 9.59 Å². The summed E-state index contributed by atoms with van der Waals surface area (Å²) in [6, 6.07) is 0.294. The lowest BCUT2D eigenvalue weighted by atomic mass is 9.94. The molecule has 1 saturated carbocycles. The molecular formula is C14H24N2O2. The van der Waals surface area contributed by atoms with Crippen LogP contribution in [0.25, 0.3) is 0 Å². The maximum Gasteiger partial charge on any atom is 0.242 e. The Kier molecular flexibility index (Phi) is 4.61. The topological polar surface area (TPSA) is 40.6 Å². The van der Waals surface area contributed by atoms with E-state index in [1.54, 1.807) is 11.8 Å². The first-order valence-electron chi connectivity index (χ1n) is 7.23. The normalized spacial score (nSPS) is 21.1. The smallest absolute Gasteiger partial charge is 0.242 e. The Bertz CT molecular complexity index is 305. The van der Waals surface area contributed by atoms with Gasteiger partial charge < -0.3 is 9.80 Å². The van der Waals surface area contributed by atoms with Gasteiger partial charge in [0.25, 0.3) is 0 Å². The molecule has 4 nitrogen and oxygen atoms in total. The van der Waals surface area contributed by atoms with E-state index in [-0.39, 0.29) is 11.8 Å². The zero-order valence-electron chi connectivity index (χ0n) is 11.4. The van der Waals surface area contributed by atoms with E-state index < -0.39 is 0 Å². The predicted octanol–water partition coefficient (Wildman–Crippen LogP) is 1.79. The van der Waals surface area contributed by atoms with Crippen molar-refractivity contribution < 1.29 is 9.59 Å². The van der Waals surface area contributed by atoms with Crippen LogP contribution in [0, 0.1) is 0 Å². The first-order valence-corrected chi connectivity index (χ1v) is 7.23. The van der Waals surface area contributed by atoms with Crippen LogP contribution >= 0.6 is 0 Å². The Hall–Kier alpha value is -1.06. The number of nitrogens with zero attached hydrogens (tertiary/aromatic N) is 2. The molecule has 1 heterocycles. The summed E-state index contributed by atoms with van der Waals surface area (Å²) in [4.78, 5) is 27.6. The molecule has 1 aliphatic heterocycles. The molecule has 0 radical (unpaired) electrons. The summed E-state index contributed by atoms with van der Waals surface area (Å²) in [6.07, 6.45) is 7.98. The lowest BCUT2D eigenvalue weighted by molar-refractivity contribution is -0.141. The van der Waals surface area contributed by atoms with E-state index in [4.69, 9.17) is 0 Å². The molecule has 2 aliphatic rings. The Morgan fingerprint density at radius 2 is 1.67 bits per heavy atom. The van der Waals surface area contributed by atoms with Gasteiger partial charge in [-0.3, -0.25) is 9.59 Å². The fourth-order valence-corrected chi connectivity index (χ4v) is 3.10. The monoisotopic (exact) mass is 252 g/mol. The van der Waals surface area contributed by atoms with Crippen molar-refractivity contribution in [3.8, 4) is 0 Å². The highest BCUT2D eigenvalue weighted by Crippen LogP contribution is 2.23. The first kappa shape index (κ1) is 13.4. The van der Waals surface area contributed by atoms with Gasteiger partial charge in [-0.25, -0.2) is 0 Å². The summed E-state index contributed by atoms with van der Waals surface area (Å²) < 4.78 is 0. The van der Waals surface area contributed by atoms with E-state index in [9.17, 15) is 9.59 Å². The minimum atomic E-state index is 0.0504. The van der Waals surface area contributed by atoms with Crippen LogP contribution in [-0.4, -0.2) is 47.3 Å². The number of carbonyl (C=O) groups excluding carboxylic acids is 2. The third-order valence-corrected chi connectivity index (χ3v) is 4.18. The second-order valence-electron chi connectivity index (χ2n) is 5.53. The van der Waals surface area contributed by atoms with Crippen molar-refractivity contribution in [1.82, 2.24) is 9.80 Å². The van der Waals surface area contributed by atoms with Crippen LogP contribution in [0.15, 0.2) is 0 Å². The number of likely N-dealkylation sites (tertiary alicyclic amines) is 1. The van der Waals surface area contributed by atoms with Crippen molar-refractivity contribution in [2.24, 2.45) is 0 Å². The summed E-state index contributed by atoms with van der Waals surface area (Å²) >= 11 is 0. The number of hydrogen-bond donors (Lipinski definition) is 0. The molecule has 2 amide bonds. The van der Waals surface area contributed by atoms with E-state index in [2.05, 4.69) is 0 Å². The Morgan fingerprint density at radius 3 is 2.22 bits per heavy atom. The molecule has 102 valence electrons. The molecular weight excluding hydrogens is 228 g/mol. The van der Waals surface area contributed by atoms with Crippen LogP contribution in [0.3, 0.4) is 0 Å². The number of hydrogen-bond acceptors (Lipinski definition) is 2. The van der Waals surface area contributed by atoms with Gasteiger partial charge in [0.2, 0.25) is 11.8 Å². The van der Waals surface area contributed by atoms with Crippen LogP contribution in [0.1, 0.15) is 51.9 Å². The summed E-state index contributed by atoms with van der Waals surface area (Å²) in [7, 11) is 0. The summed E-state index contributed by atoms with van der Waals surface area (Å²) in [5.74, 6) is 0.183.